The number of amides is 3. The summed E-state index contributed by atoms with van der Waals surface area (Å²) in [5.74, 6) is 0.449. The standard InChI is InChI=1S/C29H35N5O9S/c1-16-12-34(17(2)14-35)28(36)21-7-6-8-22(32-44(38,39)27-18(3)31-43-19(27)4)26(21)42-25(16)13-33(5)29(37)30-20-9-10-23-24(11-20)41-15-40-23/h6-11,16-17,25,32,35H,12-15H2,1-5H3,(H,30,37)/t16-,17-,25-/m1/s1. The summed E-state index contributed by atoms with van der Waals surface area (Å²) in [6, 6.07) is 8.66. The molecule has 2 aliphatic rings. The van der Waals surface area contributed by atoms with Gasteiger partial charge in [0.25, 0.3) is 15.9 Å². The number of benzene rings is 2. The Morgan fingerprint density at radius 3 is 2.66 bits per heavy atom. The molecule has 2 aromatic carbocycles. The van der Waals surface area contributed by atoms with Crippen LogP contribution in [0.25, 0.3) is 0 Å². The Labute approximate surface area is 254 Å². The van der Waals surface area contributed by atoms with E-state index in [-0.39, 0.29) is 65.8 Å². The molecule has 0 saturated carbocycles. The minimum Gasteiger partial charge on any atom is -0.485 e. The number of ether oxygens (including phenoxy) is 3. The first-order chi connectivity index (χ1) is 20.9. The fraction of sp³-hybridized carbons (Fsp3) is 0.414. The summed E-state index contributed by atoms with van der Waals surface area (Å²) in [6.45, 7) is 6.70. The molecule has 1 aromatic heterocycles. The average Bonchev–Trinajstić information content (AvgIpc) is 3.59. The van der Waals surface area contributed by atoms with Crippen LogP contribution in [0.15, 0.2) is 45.8 Å². The first-order valence-corrected chi connectivity index (χ1v) is 15.5. The molecule has 0 saturated heterocycles. The van der Waals surface area contributed by atoms with Crippen molar-refractivity contribution in [1.29, 1.82) is 0 Å². The zero-order valence-corrected chi connectivity index (χ0v) is 25.8. The van der Waals surface area contributed by atoms with Gasteiger partial charge in [-0.1, -0.05) is 18.1 Å². The van der Waals surface area contributed by atoms with Gasteiger partial charge in [0, 0.05) is 31.3 Å². The van der Waals surface area contributed by atoms with Gasteiger partial charge >= 0.3 is 6.03 Å². The monoisotopic (exact) mass is 629 g/mol. The number of para-hydroxylation sites is 1. The van der Waals surface area contributed by atoms with Crippen LogP contribution in [-0.4, -0.2) is 86.1 Å². The van der Waals surface area contributed by atoms with Gasteiger partial charge in [-0.05, 0) is 45.0 Å². The molecule has 15 heteroatoms. The van der Waals surface area contributed by atoms with Gasteiger partial charge in [0.15, 0.2) is 27.9 Å². The molecule has 3 N–H and O–H groups in total. The number of aromatic nitrogens is 1. The van der Waals surface area contributed by atoms with Gasteiger partial charge in [0.1, 0.15) is 11.8 Å². The minimum atomic E-state index is -4.19. The maximum Gasteiger partial charge on any atom is 0.321 e. The number of aliphatic hydroxyl groups excluding tert-OH is 1. The number of urea groups is 1. The van der Waals surface area contributed by atoms with Crippen LogP contribution in [0.4, 0.5) is 16.2 Å². The number of fused-ring (bicyclic) bond motifs is 2. The topological polar surface area (TPSA) is 173 Å². The molecule has 236 valence electrons. The van der Waals surface area contributed by atoms with Crippen LogP contribution in [0.2, 0.25) is 0 Å². The first kappa shape index (κ1) is 30.9. The van der Waals surface area contributed by atoms with Crippen molar-refractivity contribution in [2.24, 2.45) is 5.92 Å². The second kappa shape index (κ2) is 12.2. The van der Waals surface area contributed by atoms with Gasteiger partial charge in [-0.15, -0.1) is 0 Å². The summed E-state index contributed by atoms with van der Waals surface area (Å²) in [4.78, 5) is 29.8. The van der Waals surface area contributed by atoms with Gasteiger partial charge in [-0.3, -0.25) is 9.52 Å². The zero-order valence-electron chi connectivity index (χ0n) is 25.0. The quantitative estimate of drug-likeness (QED) is 0.336. The third-order valence-electron chi connectivity index (χ3n) is 7.60. The van der Waals surface area contributed by atoms with E-state index >= 15 is 0 Å². The highest BCUT2D eigenvalue weighted by Crippen LogP contribution is 2.37. The van der Waals surface area contributed by atoms with Gasteiger partial charge in [-0.2, -0.15) is 0 Å². The number of carbonyl (C=O) groups is 2. The molecule has 0 unspecified atom stereocenters. The molecule has 0 fully saturated rings. The zero-order chi connectivity index (χ0) is 31.8. The van der Waals surface area contributed by atoms with E-state index in [4.69, 9.17) is 18.7 Å². The third-order valence-corrected chi connectivity index (χ3v) is 9.21. The SMILES string of the molecule is Cc1noc(C)c1S(=O)(=O)Nc1cccc2c1O[C@H](CN(C)C(=O)Nc1ccc3c(c1)OCO3)[C@H](C)CN([C@H](C)CO)C2=O. The fourth-order valence-electron chi connectivity index (χ4n) is 5.14. The number of likely N-dealkylation sites (N-methyl/N-ethyl adjacent to an activating group) is 1. The summed E-state index contributed by atoms with van der Waals surface area (Å²) in [7, 11) is -2.59. The second-order valence-corrected chi connectivity index (χ2v) is 12.6. The van der Waals surface area contributed by atoms with Gasteiger partial charge in [-0.25, -0.2) is 13.2 Å². The van der Waals surface area contributed by atoms with Crippen molar-refractivity contribution in [3.8, 4) is 17.2 Å². The predicted molar refractivity (Wildman–Crippen MR) is 159 cm³/mol. The number of carbonyl (C=O) groups excluding carboxylic acids is 2. The van der Waals surface area contributed by atoms with Crippen molar-refractivity contribution < 1.29 is 41.8 Å². The molecule has 14 nitrogen and oxygen atoms in total. The van der Waals surface area contributed by atoms with Crippen molar-refractivity contribution in [2.75, 3.05) is 43.6 Å². The van der Waals surface area contributed by atoms with Crippen LogP contribution in [0, 0.1) is 19.8 Å². The molecule has 0 bridgehead atoms. The van der Waals surface area contributed by atoms with E-state index < -0.39 is 34.1 Å². The van der Waals surface area contributed by atoms with Crippen LogP contribution in [0.5, 0.6) is 17.2 Å². The number of aliphatic hydroxyl groups is 1. The summed E-state index contributed by atoms with van der Waals surface area (Å²) < 4.78 is 51.6. The number of nitrogens with zero attached hydrogens (tertiary/aromatic N) is 3. The number of anilines is 2. The Balaban J connectivity index is 1.46. The molecular weight excluding hydrogens is 594 g/mol. The molecule has 44 heavy (non-hydrogen) atoms. The highest BCUT2D eigenvalue weighted by Gasteiger charge is 2.36. The van der Waals surface area contributed by atoms with Gasteiger partial charge in [0.2, 0.25) is 6.79 Å². The van der Waals surface area contributed by atoms with Crippen molar-refractivity contribution in [1.82, 2.24) is 15.0 Å². The van der Waals surface area contributed by atoms with E-state index in [9.17, 15) is 23.1 Å². The fourth-order valence-corrected chi connectivity index (χ4v) is 6.54. The molecule has 0 radical (unpaired) electrons. The van der Waals surface area contributed by atoms with Crippen LogP contribution in [-0.2, 0) is 10.0 Å². The molecule has 2 aliphatic heterocycles. The largest absolute Gasteiger partial charge is 0.485 e. The number of sulfonamides is 1. The second-order valence-electron chi connectivity index (χ2n) is 10.9. The highest BCUT2D eigenvalue weighted by molar-refractivity contribution is 7.92. The summed E-state index contributed by atoms with van der Waals surface area (Å²) in [5, 5.41) is 16.5. The van der Waals surface area contributed by atoms with Gasteiger partial charge < -0.3 is 39.0 Å². The lowest BCUT2D eigenvalue weighted by Gasteiger charge is -2.38. The van der Waals surface area contributed by atoms with Crippen LogP contribution < -0.4 is 24.2 Å². The lowest BCUT2D eigenvalue weighted by molar-refractivity contribution is 0.0373. The number of hydrogen-bond donors (Lipinski definition) is 3. The van der Waals surface area contributed by atoms with Gasteiger partial charge in [0.05, 0.1) is 30.4 Å². The predicted octanol–water partition coefficient (Wildman–Crippen LogP) is 3.20. The van der Waals surface area contributed by atoms with E-state index in [0.717, 1.165) is 0 Å². The number of aryl methyl sites for hydroxylation is 2. The summed E-state index contributed by atoms with van der Waals surface area (Å²) >= 11 is 0. The Morgan fingerprint density at radius 1 is 1.20 bits per heavy atom. The third kappa shape index (κ3) is 6.10. The molecule has 3 atom stereocenters. The van der Waals surface area contributed by atoms with E-state index in [1.807, 2.05) is 6.92 Å². The molecule has 0 spiro atoms. The van der Waals surface area contributed by atoms with Crippen molar-refractivity contribution in [2.45, 2.75) is 44.7 Å². The number of rotatable bonds is 8. The molecule has 0 aliphatic carbocycles. The smallest absolute Gasteiger partial charge is 0.321 e. The Hall–Kier alpha value is -4.50. The van der Waals surface area contributed by atoms with E-state index in [1.54, 1.807) is 32.2 Å². The van der Waals surface area contributed by atoms with E-state index in [1.165, 1.54) is 41.8 Å². The van der Waals surface area contributed by atoms with E-state index in [0.29, 0.717) is 17.2 Å². The number of hydrogen-bond acceptors (Lipinski definition) is 10. The Bertz CT molecular complexity index is 1660. The molecule has 3 amide bonds. The van der Waals surface area contributed by atoms with Crippen molar-refractivity contribution in [3.05, 3.63) is 53.4 Å². The Kier molecular flexibility index (Phi) is 8.61. The Morgan fingerprint density at radius 2 is 1.95 bits per heavy atom. The normalized spacial score (nSPS) is 18.5. The molecule has 5 rings (SSSR count). The van der Waals surface area contributed by atoms with Crippen LogP contribution >= 0.6 is 0 Å². The van der Waals surface area contributed by atoms with Crippen molar-refractivity contribution in [3.63, 3.8) is 0 Å². The lowest BCUT2D eigenvalue weighted by atomic mass is 9.99. The van der Waals surface area contributed by atoms with Crippen LogP contribution in [0.3, 0.4) is 0 Å². The maximum atomic E-state index is 13.8. The van der Waals surface area contributed by atoms with Crippen LogP contribution in [0.1, 0.15) is 35.7 Å². The lowest BCUT2D eigenvalue weighted by Crippen LogP contribution is -2.50. The molecular formula is C29H35N5O9S. The van der Waals surface area contributed by atoms with Crippen molar-refractivity contribution >= 4 is 33.3 Å². The average molecular weight is 630 g/mol. The number of nitrogens with one attached hydrogen (secondary N) is 2. The molecule has 3 heterocycles. The van der Waals surface area contributed by atoms with E-state index in [2.05, 4.69) is 15.2 Å². The summed E-state index contributed by atoms with van der Waals surface area (Å²) in [5.41, 5.74) is 0.815. The summed E-state index contributed by atoms with van der Waals surface area (Å²) in [6.07, 6.45) is -0.688. The maximum absolute atomic E-state index is 13.8. The first-order valence-electron chi connectivity index (χ1n) is 14.0. The minimum absolute atomic E-state index is 0.00380. The highest BCUT2D eigenvalue weighted by atomic mass is 32.2. The molecule has 3 aromatic rings.